The Morgan fingerprint density at radius 2 is 1.26 bits per heavy atom. The van der Waals surface area contributed by atoms with Crippen LogP contribution in [-0.2, 0) is 20.7 Å². The van der Waals surface area contributed by atoms with Crippen molar-refractivity contribution in [2.45, 2.75) is 26.7 Å². The third-order valence-electron chi connectivity index (χ3n) is 5.05. The molecule has 0 aromatic heterocycles. The Morgan fingerprint density at radius 3 is 1.82 bits per heavy atom. The van der Waals surface area contributed by atoms with Gasteiger partial charge in [0.1, 0.15) is 5.75 Å². The highest BCUT2D eigenvalue weighted by atomic mass is 16.5. The number of para-hydroxylation sites is 1. The fourth-order valence-electron chi connectivity index (χ4n) is 3.26. The van der Waals surface area contributed by atoms with Gasteiger partial charge in [0.25, 0.3) is 0 Å². The first kappa shape index (κ1) is 24.5. The highest BCUT2D eigenvalue weighted by Crippen LogP contribution is 2.35. The van der Waals surface area contributed by atoms with Gasteiger partial charge in [-0.25, -0.2) is 9.59 Å². The van der Waals surface area contributed by atoms with E-state index >= 15 is 0 Å². The summed E-state index contributed by atoms with van der Waals surface area (Å²) in [5.74, 6) is -0.334. The van der Waals surface area contributed by atoms with Gasteiger partial charge in [0.15, 0.2) is 0 Å². The molecule has 34 heavy (non-hydrogen) atoms. The van der Waals surface area contributed by atoms with Gasteiger partial charge in [-0.1, -0.05) is 43.5 Å². The van der Waals surface area contributed by atoms with Gasteiger partial charge in [-0.3, -0.25) is 0 Å². The first-order valence-electron chi connectivity index (χ1n) is 11.1. The maximum Gasteiger partial charge on any atom is 0.338 e. The van der Waals surface area contributed by atoms with Gasteiger partial charge in [0.05, 0.1) is 6.61 Å². The number of benzene rings is 3. The molecule has 0 aliphatic rings. The molecule has 5 heteroatoms. The van der Waals surface area contributed by atoms with Crippen molar-refractivity contribution in [3.8, 4) is 5.75 Å². The zero-order chi connectivity index (χ0) is 24.5. The number of ether oxygens (including phenoxy) is 2. The Labute approximate surface area is 200 Å². The van der Waals surface area contributed by atoms with Crippen molar-refractivity contribution >= 4 is 29.0 Å². The quantitative estimate of drug-likeness (QED) is 0.148. The fourth-order valence-corrected chi connectivity index (χ4v) is 3.26. The van der Waals surface area contributed by atoms with E-state index in [-0.39, 0.29) is 5.97 Å². The molecule has 5 nitrogen and oxygen atoms in total. The maximum atomic E-state index is 11.8. The normalized spacial score (nSPS) is 10.3. The van der Waals surface area contributed by atoms with Crippen LogP contribution in [-0.4, -0.2) is 18.5 Å². The van der Waals surface area contributed by atoms with E-state index in [0.29, 0.717) is 23.5 Å². The summed E-state index contributed by atoms with van der Waals surface area (Å²) in [6.45, 7) is 10.8. The minimum Gasteiger partial charge on any atom is -0.462 e. The smallest absolute Gasteiger partial charge is 0.338 e. The van der Waals surface area contributed by atoms with Crippen LogP contribution in [0.15, 0.2) is 103 Å². The maximum absolute atomic E-state index is 11.8. The predicted molar refractivity (Wildman–Crippen MR) is 136 cm³/mol. The molecule has 0 amide bonds. The van der Waals surface area contributed by atoms with E-state index in [9.17, 15) is 9.59 Å². The van der Waals surface area contributed by atoms with Crippen LogP contribution in [0.4, 0.5) is 17.1 Å². The Hall–Kier alpha value is -4.12. The van der Waals surface area contributed by atoms with Crippen LogP contribution >= 0.6 is 0 Å². The highest BCUT2D eigenvalue weighted by molar-refractivity contribution is 5.89. The molecule has 0 aliphatic carbocycles. The zero-order valence-corrected chi connectivity index (χ0v) is 19.6. The van der Waals surface area contributed by atoms with Crippen molar-refractivity contribution < 1.29 is 19.1 Å². The lowest BCUT2D eigenvalue weighted by atomic mass is 10.1. The molecule has 0 aliphatic heterocycles. The number of hydrogen-bond donors (Lipinski definition) is 0. The first-order valence-corrected chi connectivity index (χ1v) is 11.1. The number of hydrogen-bond acceptors (Lipinski definition) is 5. The minimum absolute atomic E-state index is 0.351. The van der Waals surface area contributed by atoms with Gasteiger partial charge in [0.2, 0.25) is 0 Å². The lowest BCUT2D eigenvalue weighted by Gasteiger charge is -2.25. The SMILES string of the molecule is C=C(C)C(=O)OCCCc1ccc(N(c2ccccc2)c2ccc(OC(=O)C(=C)C)cc2)cc1. The molecular formula is C29H29NO4. The van der Waals surface area contributed by atoms with Crippen LogP contribution in [0.2, 0.25) is 0 Å². The molecule has 174 valence electrons. The van der Waals surface area contributed by atoms with Gasteiger partial charge in [-0.2, -0.15) is 0 Å². The Kier molecular flexibility index (Phi) is 8.41. The molecule has 0 heterocycles. The van der Waals surface area contributed by atoms with Crippen LogP contribution in [0.5, 0.6) is 5.75 Å². The van der Waals surface area contributed by atoms with E-state index < -0.39 is 5.97 Å². The van der Waals surface area contributed by atoms with Gasteiger partial charge in [0, 0.05) is 28.2 Å². The molecule has 3 aromatic carbocycles. The van der Waals surface area contributed by atoms with Crippen molar-refractivity contribution in [1.82, 2.24) is 0 Å². The van der Waals surface area contributed by atoms with Crippen LogP contribution in [0.1, 0.15) is 25.8 Å². The van der Waals surface area contributed by atoms with E-state index in [2.05, 4.69) is 42.3 Å². The lowest BCUT2D eigenvalue weighted by Crippen LogP contribution is -2.11. The summed E-state index contributed by atoms with van der Waals surface area (Å²) in [5, 5.41) is 0. The summed E-state index contributed by atoms with van der Waals surface area (Å²) in [7, 11) is 0. The van der Waals surface area contributed by atoms with E-state index in [1.54, 1.807) is 26.0 Å². The van der Waals surface area contributed by atoms with Crippen molar-refractivity contribution in [3.05, 3.63) is 109 Å². The fraction of sp³-hybridized carbons (Fsp3) is 0.172. The summed E-state index contributed by atoms with van der Waals surface area (Å²) >= 11 is 0. The number of carbonyl (C=O) groups excluding carboxylic acids is 2. The van der Waals surface area contributed by atoms with Gasteiger partial charge >= 0.3 is 11.9 Å². The second kappa shape index (κ2) is 11.7. The van der Waals surface area contributed by atoms with E-state index in [4.69, 9.17) is 9.47 Å². The third kappa shape index (κ3) is 6.69. The molecule has 3 rings (SSSR count). The summed E-state index contributed by atoms with van der Waals surface area (Å²) in [4.78, 5) is 25.4. The van der Waals surface area contributed by atoms with Crippen LogP contribution in [0.3, 0.4) is 0 Å². The van der Waals surface area contributed by atoms with E-state index in [1.807, 2.05) is 42.5 Å². The minimum atomic E-state index is -0.447. The molecule has 0 bridgehead atoms. The molecule has 0 fully saturated rings. The molecule has 0 saturated heterocycles. The number of esters is 2. The number of anilines is 3. The molecule has 3 aromatic rings. The average molecular weight is 456 g/mol. The molecule has 0 unspecified atom stereocenters. The lowest BCUT2D eigenvalue weighted by molar-refractivity contribution is -0.139. The van der Waals surface area contributed by atoms with E-state index in [1.165, 1.54) is 0 Å². The predicted octanol–water partition coefficient (Wildman–Crippen LogP) is 6.69. The zero-order valence-electron chi connectivity index (χ0n) is 19.6. The molecule has 0 N–H and O–H groups in total. The van der Waals surface area contributed by atoms with Gasteiger partial charge < -0.3 is 14.4 Å². The van der Waals surface area contributed by atoms with Crippen LogP contribution in [0.25, 0.3) is 0 Å². The number of nitrogens with zero attached hydrogens (tertiary/aromatic N) is 1. The molecule has 0 saturated carbocycles. The summed E-state index contributed by atoms with van der Waals surface area (Å²) in [6.07, 6.45) is 1.54. The second-order valence-corrected chi connectivity index (χ2v) is 8.02. The van der Waals surface area contributed by atoms with Crippen molar-refractivity contribution in [3.63, 3.8) is 0 Å². The third-order valence-corrected chi connectivity index (χ3v) is 5.05. The van der Waals surface area contributed by atoms with Crippen molar-refractivity contribution in [2.75, 3.05) is 11.5 Å². The second-order valence-electron chi connectivity index (χ2n) is 8.02. The monoisotopic (exact) mass is 455 g/mol. The standard InChI is InChI=1S/C29H29NO4/c1-21(2)28(31)33-20-8-9-23-12-14-25(15-13-23)30(24-10-6-5-7-11-24)26-16-18-27(19-17-26)34-29(32)22(3)4/h5-7,10-19H,1,3,8-9,20H2,2,4H3. The van der Waals surface area contributed by atoms with E-state index in [0.717, 1.165) is 35.5 Å². The number of rotatable bonds is 10. The highest BCUT2D eigenvalue weighted by Gasteiger charge is 2.13. The Morgan fingerprint density at radius 1 is 0.735 bits per heavy atom. The number of aryl methyl sites for hydroxylation is 1. The van der Waals surface area contributed by atoms with Crippen LogP contribution in [0, 0.1) is 0 Å². The summed E-state index contributed by atoms with van der Waals surface area (Å²) in [5.41, 5.74) is 4.85. The Bertz CT molecular complexity index is 1150. The number of carbonyl (C=O) groups is 2. The molecule has 0 atom stereocenters. The Balaban J connectivity index is 1.75. The van der Waals surface area contributed by atoms with Gasteiger partial charge in [-0.15, -0.1) is 0 Å². The summed E-state index contributed by atoms with van der Waals surface area (Å²) in [6, 6.07) is 25.7. The topological polar surface area (TPSA) is 55.8 Å². The molecule has 0 spiro atoms. The van der Waals surface area contributed by atoms with Gasteiger partial charge in [-0.05, 0) is 80.8 Å². The van der Waals surface area contributed by atoms with Crippen molar-refractivity contribution in [2.24, 2.45) is 0 Å². The first-order chi connectivity index (χ1) is 16.3. The average Bonchev–Trinajstić information content (AvgIpc) is 2.84. The molecular weight excluding hydrogens is 426 g/mol. The summed E-state index contributed by atoms with van der Waals surface area (Å²) < 4.78 is 10.5. The van der Waals surface area contributed by atoms with Crippen LogP contribution < -0.4 is 9.64 Å². The molecule has 0 radical (unpaired) electrons. The largest absolute Gasteiger partial charge is 0.462 e. The van der Waals surface area contributed by atoms with Crippen molar-refractivity contribution in [1.29, 1.82) is 0 Å².